The molecule has 0 aromatic heterocycles. The fraction of sp³-hybridized carbons (Fsp3) is 0.846. The molecule has 9 atom stereocenters. The van der Waals surface area contributed by atoms with Gasteiger partial charge in [-0.3, -0.25) is 4.79 Å². The number of hydrogen-bond acceptors (Lipinski definition) is 4. The van der Waals surface area contributed by atoms with Crippen LogP contribution in [0.15, 0.2) is 12.7 Å². The van der Waals surface area contributed by atoms with Crippen LogP contribution in [0, 0.1) is 52.8 Å². The number of hydrogen-bond donors (Lipinski definition) is 0. The Morgan fingerprint density at radius 2 is 1.70 bits per heavy atom. The van der Waals surface area contributed by atoms with Gasteiger partial charge in [0.25, 0.3) is 0 Å². The molecule has 0 N–H and O–H groups in total. The summed E-state index contributed by atoms with van der Waals surface area (Å²) in [4.78, 5) is 25.3. The van der Waals surface area contributed by atoms with Gasteiger partial charge in [-0.25, -0.2) is 4.79 Å². The van der Waals surface area contributed by atoms with Crippen LogP contribution in [0.3, 0.4) is 0 Å². The summed E-state index contributed by atoms with van der Waals surface area (Å²) >= 11 is 0. The van der Waals surface area contributed by atoms with Crippen molar-refractivity contribution in [3.8, 4) is 0 Å². The van der Waals surface area contributed by atoms with Gasteiger partial charge in [-0.2, -0.15) is 0 Å². The quantitative estimate of drug-likeness (QED) is 0.499. The van der Waals surface area contributed by atoms with Gasteiger partial charge in [0.05, 0.1) is 5.92 Å². The summed E-state index contributed by atoms with van der Waals surface area (Å²) in [5, 5.41) is 0. The van der Waals surface area contributed by atoms with E-state index in [-0.39, 0.29) is 29.6 Å². The van der Waals surface area contributed by atoms with Crippen molar-refractivity contribution in [2.75, 3.05) is 0 Å². The Morgan fingerprint density at radius 1 is 0.933 bits per heavy atom. The number of ether oxygens (including phenoxy) is 2. The van der Waals surface area contributed by atoms with Gasteiger partial charge < -0.3 is 9.47 Å². The summed E-state index contributed by atoms with van der Waals surface area (Å²) in [6.07, 6.45) is 14.2. The first kappa shape index (κ1) is 18.3. The van der Waals surface area contributed by atoms with E-state index >= 15 is 0 Å². The highest BCUT2D eigenvalue weighted by atomic mass is 16.6. The second-order valence-electron chi connectivity index (χ2n) is 12.2. The van der Waals surface area contributed by atoms with Gasteiger partial charge in [-0.1, -0.05) is 6.58 Å². The maximum atomic E-state index is 13.5. The van der Waals surface area contributed by atoms with E-state index in [1.807, 2.05) is 0 Å². The molecule has 0 spiro atoms. The van der Waals surface area contributed by atoms with Crippen molar-refractivity contribution in [2.45, 2.75) is 82.3 Å². The molecule has 0 aromatic carbocycles. The highest BCUT2D eigenvalue weighted by molar-refractivity contribution is 5.81. The molecular formula is C26H34O4. The van der Waals surface area contributed by atoms with Gasteiger partial charge in [-0.15, -0.1) is 0 Å². The molecule has 8 aliphatic rings. The second kappa shape index (κ2) is 5.92. The van der Waals surface area contributed by atoms with Crippen LogP contribution >= 0.6 is 0 Å². The van der Waals surface area contributed by atoms with Crippen LogP contribution < -0.4 is 0 Å². The number of fused-ring (bicyclic) bond motifs is 2. The van der Waals surface area contributed by atoms with E-state index in [0.29, 0.717) is 29.1 Å². The van der Waals surface area contributed by atoms with Crippen molar-refractivity contribution in [3.63, 3.8) is 0 Å². The Hall–Kier alpha value is -1.32. The molecular weight excluding hydrogens is 376 g/mol. The highest BCUT2D eigenvalue weighted by Gasteiger charge is 2.70. The summed E-state index contributed by atoms with van der Waals surface area (Å²) in [5.74, 6) is 4.78. The van der Waals surface area contributed by atoms with Gasteiger partial charge in [0.1, 0.15) is 11.7 Å². The van der Waals surface area contributed by atoms with Gasteiger partial charge >= 0.3 is 11.9 Å². The largest absolute Gasteiger partial charge is 0.459 e. The van der Waals surface area contributed by atoms with Gasteiger partial charge in [0, 0.05) is 6.08 Å². The van der Waals surface area contributed by atoms with Crippen molar-refractivity contribution in [2.24, 2.45) is 52.8 Å². The van der Waals surface area contributed by atoms with E-state index in [0.717, 1.165) is 62.7 Å². The first-order valence-corrected chi connectivity index (χ1v) is 12.6. The Bertz CT molecular complexity index is 798. The number of carbonyl (C=O) groups is 2. The molecule has 8 rings (SSSR count). The van der Waals surface area contributed by atoms with E-state index < -0.39 is 0 Å². The van der Waals surface area contributed by atoms with Crippen LogP contribution in [0.2, 0.25) is 0 Å². The van der Waals surface area contributed by atoms with Gasteiger partial charge in [0.15, 0.2) is 0 Å². The van der Waals surface area contributed by atoms with Gasteiger partial charge in [0.2, 0.25) is 0 Å². The predicted molar refractivity (Wildman–Crippen MR) is 110 cm³/mol. The topological polar surface area (TPSA) is 52.6 Å². The minimum absolute atomic E-state index is 0.0594. The lowest BCUT2D eigenvalue weighted by Crippen LogP contribution is -2.49. The molecule has 0 saturated heterocycles. The monoisotopic (exact) mass is 410 g/mol. The standard InChI is InChI=1S/C26H34O4/c1-2-22(27)29-21-4-6-26-5-3-18(21)23(26)15-9-19(20(26)10-15)24(28)30-25-11-14-7-16(12-25)17(8-14)13-25/h2,14-21,23H,1,3-13H2. The van der Waals surface area contributed by atoms with Crippen LogP contribution in [0.4, 0.5) is 0 Å². The normalized spacial score (nSPS) is 56.2. The summed E-state index contributed by atoms with van der Waals surface area (Å²) in [6, 6.07) is 0. The molecule has 30 heavy (non-hydrogen) atoms. The SMILES string of the molecule is C=CC(=O)OC1CCC23CCC1C2C1CC(C(=O)OC24CC5CC(C2)C(C5)C4)C3C1. The average molecular weight is 411 g/mol. The highest BCUT2D eigenvalue weighted by Crippen LogP contribution is 2.74. The van der Waals surface area contributed by atoms with Crippen LogP contribution in [0.5, 0.6) is 0 Å². The molecule has 4 nitrogen and oxygen atoms in total. The zero-order valence-electron chi connectivity index (χ0n) is 17.9. The Labute approximate surface area is 179 Å². The van der Waals surface area contributed by atoms with E-state index in [2.05, 4.69) is 6.58 Å². The summed E-state index contributed by atoms with van der Waals surface area (Å²) in [7, 11) is 0. The molecule has 0 radical (unpaired) electrons. The third kappa shape index (κ3) is 2.24. The number of rotatable bonds is 4. The minimum atomic E-state index is -0.274. The summed E-state index contributed by atoms with van der Waals surface area (Å²) in [5.41, 5.74) is 0.222. The fourth-order valence-corrected chi connectivity index (χ4v) is 10.7. The molecule has 8 saturated carbocycles. The Balaban J connectivity index is 1.09. The maximum absolute atomic E-state index is 13.5. The second-order valence-corrected chi connectivity index (χ2v) is 12.2. The smallest absolute Gasteiger partial charge is 0.330 e. The molecule has 0 aromatic rings. The Morgan fingerprint density at radius 3 is 2.43 bits per heavy atom. The molecule has 162 valence electrons. The van der Waals surface area contributed by atoms with Gasteiger partial charge in [-0.05, 0) is 117 Å². The Kier molecular flexibility index (Phi) is 3.61. The molecule has 4 heteroatoms. The van der Waals surface area contributed by atoms with Crippen LogP contribution in [-0.2, 0) is 19.1 Å². The average Bonchev–Trinajstić information content (AvgIpc) is 3.47. The predicted octanol–water partition coefficient (Wildman–Crippen LogP) is 4.67. The summed E-state index contributed by atoms with van der Waals surface area (Å²) < 4.78 is 12.2. The van der Waals surface area contributed by atoms with Crippen molar-refractivity contribution in [3.05, 3.63) is 12.7 Å². The zero-order valence-corrected chi connectivity index (χ0v) is 17.9. The lowest BCUT2D eigenvalue weighted by Gasteiger charge is -2.49. The van der Waals surface area contributed by atoms with Crippen molar-refractivity contribution < 1.29 is 19.1 Å². The van der Waals surface area contributed by atoms with Crippen LogP contribution in [0.25, 0.3) is 0 Å². The summed E-state index contributed by atoms with van der Waals surface area (Å²) in [6.45, 7) is 3.56. The molecule has 0 aliphatic heterocycles. The van der Waals surface area contributed by atoms with Crippen LogP contribution in [-0.4, -0.2) is 23.6 Å². The van der Waals surface area contributed by atoms with E-state index in [4.69, 9.17) is 9.47 Å². The molecule has 0 heterocycles. The number of esters is 2. The van der Waals surface area contributed by atoms with Crippen molar-refractivity contribution in [1.82, 2.24) is 0 Å². The van der Waals surface area contributed by atoms with Crippen LogP contribution in [0.1, 0.15) is 70.6 Å². The maximum Gasteiger partial charge on any atom is 0.330 e. The van der Waals surface area contributed by atoms with Crippen molar-refractivity contribution in [1.29, 1.82) is 0 Å². The first-order chi connectivity index (χ1) is 14.5. The van der Waals surface area contributed by atoms with E-state index in [9.17, 15) is 9.59 Å². The third-order valence-electron chi connectivity index (χ3n) is 11.2. The minimum Gasteiger partial charge on any atom is -0.459 e. The van der Waals surface area contributed by atoms with Crippen molar-refractivity contribution >= 4 is 11.9 Å². The lowest BCUT2D eigenvalue weighted by atomic mass is 9.57. The molecule has 0 amide bonds. The molecule has 8 fully saturated rings. The van der Waals surface area contributed by atoms with E-state index in [1.165, 1.54) is 31.8 Å². The molecule has 8 aliphatic carbocycles. The third-order valence-corrected chi connectivity index (χ3v) is 11.2. The molecule has 8 bridgehead atoms. The fourth-order valence-electron chi connectivity index (χ4n) is 10.7. The lowest BCUT2D eigenvalue weighted by molar-refractivity contribution is -0.176. The molecule has 9 unspecified atom stereocenters. The first-order valence-electron chi connectivity index (χ1n) is 12.6. The van der Waals surface area contributed by atoms with E-state index in [1.54, 1.807) is 0 Å². The number of carbonyl (C=O) groups excluding carboxylic acids is 2. The zero-order chi connectivity index (χ0) is 20.3.